The predicted octanol–water partition coefficient (Wildman–Crippen LogP) is 2.88. The van der Waals surface area contributed by atoms with Gasteiger partial charge >= 0.3 is 0 Å². The number of rotatable bonds is 5. The van der Waals surface area contributed by atoms with Crippen LogP contribution in [-0.2, 0) is 6.54 Å². The number of benzene rings is 2. The summed E-state index contributed by atoms with van der Waals surface area (Å²) >= 11 is 0. The predicted molar refractivity (Wildman–Crippen MR) is 94.2 cm³/mol. The standard InChI is InChI=1S/C20H17FN2O3/c1-3-10-23-19(25)15-9-8-13(11-16(15)20(23)26)18(24)22(2)12-14-6-4-5-7-17(14)21/h3-9,11H,1,10,12H2,2H3. The Bertz CT molecular complexity index is 923. The molecule has 0 aromatic heterocycles. The normalized spacial score (nSPS) is 12.9. The van der Waals surface area contributed by atoms with Crippen LogP contribution in [0.15, 0.2) is 55.1 Å². The van der Waals surface area contributed by atoms with Crippen molar-refractivity contribution in [3.05, 3.63) is 83.2 Å². The number of fused-ring (bicyclic) bond motifs is 1. The van der Waals surface area contributed by atoms with Gasteiger partial charge in [-0.25, -0.2) is 4.39 Å². The van der Waals surface area contributed by atoms with Crippen molar-refractivity contribution < 1.29 is 18.8 Å². The third-order valence-electron chi connectivity index (χ3n) is 4.24. The largest absolute Gasteiger partial charge is 0.337 e. The molecule has 1 heterocycles. The quantitative estimate of drug-likeness (QED) is 0.614. The smallest absolute Gasteiger partial charge is 0.261 e. The van der Waals surface area contributed by atoms with Gasteiger partial charge < -0.3 is 4.90 Å². The molecule has 2 aromatic carbocycles. The summed E-state index contributed by atoms with van der Waals surface area (Å²) in [6.07, 6.45) is 1.47. The van der Waals surface area contributed by atoms with Crippen LogP contribution in [0.4, 0.5) is 4.39 Å². The van der Waals surface area contributed by atoms with Gasteiger partial charge in [-0.05, 0) is 24.3 Å². The lowest BCUT2D eigenvalue weighted by molar-refractivity contribution is 0.0671. The SMILES string of the molecule is C=CCN1C(=O)c2ccc(C(=O)N(C)Cc3ccccc3F)cc2C1=O. The van der Waals surface area contributed by atoms with E-state index in [1.54, 1.807) is 25.2 Å². The molecule has 3 rings (SSSR count). The molecule has 0 saturated carbocycles. The fraction of sp³-hybridized carbons (Fsp3) is 0.150. The minimum atomic E-state index is -0.448. The third kappa shape index (κ3) is 3.01. The van der Waals surface area contributed by atoms with Crippen molar-refractivity contribution in [2.24, 2.45) is 0 Å². The van der Waals surface area contributed by atoms with Crippen LogP contribution in [0.5, 0.6) is 0 Å². The molecule has 0 N–H and O–H groups in total. The van der Waals surface area contributed by atoms with E-state index in [-0.39, 0.29) is 41.5 Å². The average Bonchev–Trinajstić information content (AvgIpc) is 2.88. The van der Waals surface area contributed by atoms with E-state index in [0.717, 1.165) is 4.90 Å². The third-order valence-corrected chi connectivity index (χ3v) is 4.24. The van der Waals surface area contributed by atoms with Crippen LogP contribution < -0.4 is 0 Å². The van der Waals surface area contributed by atoms with Gasteiger partial charge in [0.05, 0.1) is 11.1 Å². The van der Waals surface area contributed by atoms with E-state index in [1.807, 2.05) is 0 Å². The number of imide groups is 1. The van der Waals surface area contributed by atoms with Crippen molar-refractivity contribution in [2.75, 3.05) is 13.6 Å². The topological polar surface area (TPSA) is 57.7 Å². The Morgan fingerprint density at radius 1 is 1.15 bits per heavy atom. The van der Waals surface area contributed by atoms with Gasteiger partial charge in [0.25, 0.3) is 17.7 Å². The van der Waals surface area contributed by atoms with Crippen molar-refractivity contribution in [2.45, 2.75) is 6.54 Å². The van der Waals surface area contributed by atoms with Gasteiger partial charge in [-0.1, -0.05) is 24.3 Å². The summed E-state index contributed by atoms with van der Waals surface area (Å²) in [5.41, 5.74) is 1.13. The molecule has 132 valence electrons. The summed E-state index contributed by atoms with van der Waals surface area (Å²) in [7, 11) is 1.55. The number of halogens is 1. The van der Waals surface area contributed by atoms with Gasteiger partial charge in [0, 0.05) is 31.3 Å². The van der Waals surface area contributed by atoms with Crippen molar-refractivity contribution >= 4 is 17.7 Å². The van der Waals surface area contributed by atoms with E-state index < -0.39 is 11.8 Å². The maximum atomic E-state index is 13.8. The van der Waals surface area contributed by atoms with Crippen molar-refractivity contribution in [3.63, 3.8) is 0 Å². The Hall–Kier alpha value is -3.28. The molecule has 1 aliphatic heterocycles. The van der Waals surface area contributed by atoms with E-state index in [2.05, 4.69) is 6.58 Å². The van der Waals surface area contributed by atoms with Crippen LogP contribution in [0, 0.1) is 5.82 Å². The number of nitrogens with zero attached hydrogens (tertiary/aromatic N) is 2. The van der Waals surface area contributed by atoms with Gasteiger partial charge in [-0.15, -0.1) is 6.58 Å². The number of hydrogen-bond acceptors (Lipinski definition) is 3. The summed E-state index contributed by atoms with van der Waals surface area (Å²) in [6.45, 7) is 3.74. The highest BCUT2D eigenvalue weighted by molar-refractivity contribution is 6.22. The van der Waals surface area contributed by atoms with Crippen molar-refractivity contribution in [3.8, 4) is 0 Å². The second-order valence-corrected chi connectivity index (χ2v) is 6.02. The minimum Gasteiger partial charge on any atom is -0.337 e. The van der Waals surface area contributed by atoms with Gasteiger partial charge in [-0.2, -0.15) is 0 Å². The minimum absolute atomic E-state index is 0.0953. The molecule has 6 heteroatoms. The summed E-state index contributed by atoms with van der Waals surface area (Å²) in [4.78, 5) is 39.6. The highest BCUT2D eigenvalue weighted by Gasteiger charge is 2.35. The lowest BCUT2D eigenvalue weighted by atomic mass is 10.0. The van der Waals surface area contributed by atoms with Crippen LogP contribution in [-0.4, -0.2) is 41.1 Å². The Morgan fingerprint density at radius 3 is 2.54 bits per heavy atom. The Labute approximate surface area is 150 Å². The number of carbonyl (C=O) groups excluding carboxylic acids is 3. The molecule has 5 nitrogen and oxygen atoms in total. The van der Waals surface area contributed by atoms with Crippen LogP contribution in [0.25, 0.3) is 0 Å². The fourth-order valence-corrected chi connectivity index (χ4v) is 2.89. The molecule has 0 spiro atoms. The summed E-state index contributed by atoms with van der Waals surface area (Å²) < 4.78 is 13.8. The molecule has 0 saturated heterocycles. The Balaban J connectivity index is 1.84. The van der Waals surface area contributed by atoms with Gasteiger partial charge in [0.15, 0.2) is 0 Å². The summed E-state index contributed by atoms with van der Waals surface area (Å²) in [5, 5.41) is 0. The highest BCUT2D eigenvalue weighted by Crippen LogP contribution is 2.24. The molecule has 0 aliphatic carbocycles. The van der Waals surface area contributed by atoms with Crippen LogP contribution in [0.1, 0.15) is 36.6 Å². The molecule has 2 aromatic rings. The van der Waals surface area contributed by atoms with E-state index in [9.17, 15) is 18.8 Å². The van der Waals surface area contributed by atoms with Gasteiger partial charge in [0.1, 0.15) is 5.82 Å². The maximum Gasteiger partial charge on any atom is 0.261 e. The molecular formula is C20H17FN2O3. The first kappa shape index (κ1) is 17.5. The zero-order valence-electron chi connectivity index (χ0n) is 14.2. The summed E-state index contributed by atoms with van der Waals surface area (Å²) in [6, 6.07) is 10.6. The molecule has 1 aliphatic rings. The first-order chi connectivity index (χ1) is 12.4. The monoisotopic (exact) mass is 352 g/mol. The number of amides is 3. The Morgan fingerprint density at radius 2 is 1.85 bits per heavy atom. The van der Waals surface area contributed by atoms with Gasteiger partial charge in [-0.3, -0.25) is 19.3 Å². The molecule has 0 unspecified atom stereocenters. The first-order valence-electron chi connectivity index (χ1n) is 8.04. The number of carbonyl (C=O) groups is 3. The van der Waals surface area contributed by atoms with Gasteiger partial charge in [0.2, 0.25) is 0 Å². The van der Waals surface area contributed by atoms with E-state index in [1.165, 1.54) is 35.2 Å². The van der Waals surface area contributed by atoms with E-state index in [0.29, 0.717) is 5.56 Å². The first-order valence-corrected chi connectivity index (χ1v) is 8.04. The maximum absolute atomic E-state index is 13.8. The second kappa shape index (κ2) is 6.92. The molecule has 0 bridgehead atoms. The van der Waals surface area contributed by atoms with E-state index in [4.69, 9.17) is 0 Å². The molecule has 0 radical (unpaired) electrons. The van der Waals surface area contributed by atoms with Crippen LogP contribution in [0.3, 0.4) is 0 Å². The zero-order valence-corrected chi connectivity index (χ0v) is 14.2. The van der Waals surface area contributed by atoms with E-state index >= 15 is 0 Å². The average molecular weight is 352 g/mol. The fourth-order valence-electron chi connectivity index (χ4n) is 2.89. The molecule has 3 amide bonds. The molecule has 0 fully saturated rings. The van der Waals surface area contributed by atoms with Crippen molar-refractivity contribution in [1.29, 1.82) is 0 Å². The van der Waals surface area contributed by atoms with Crippen molar-refractivity contribution in [1.82, 2.24) is 9.80 Å². The molecular weight excluding hydrogens is 335 g/mol. The lowest BCUT2D eigenvalue weighted by Crippen LogP contribution is -2.29. The second-order valence-electron chi connectivity index (χ2n) is 6.02. The highest BCUT2D eigenvalue weighted by atomic mass is 19.1. The zero-order chi connectivity index (χ0) is 18.8. The molecule has 0 atom stereocenters. The lowest BCUT2D eigenvalue weighted by Gasteiger charge is -2.18. The summed E-state index contributed by atoms with van der Waals surface area (Å²) in [5.74, 6) is -1.60. The number of hydrogen-bond donors (Lipinski definition) is 0. The molecule has 26 heavy (non-hydrogen) atoms. The Kier molecular flexibility index (Phi) is 4.67. The van der Waals surface area contributed by atoms with Crippen LogP contribution >= 0.6 is 0 Å². The van der Waals surface area contributed by atoms with Crippen LogP contribution in [0.2, 0.25) is 0 Å².